The van der Waals surface area contributed by atoms with Crippen LogP contribution in [-0.2, 0) is 19.4 Å². The van der Waals surface area contributed by atoms with Crippen LogP contribution in [0.15, 0.2) is 42.5 Å². The highest BCUT2D eigenvalue weighted by molar-refractivity contribution is 5.32. The third-order valence-corrected chi connectivity index (χ3v) is 4.42. The molecule has 23 heavy (non-hydrogen) atoms. The molecule has 2 aromatic rings. The topological polar surface area (TPSA) is 29.3 Å². The zero-order valence-electron chi connectivity index (χ0n) is 13.3. The van der Waals surface area contributed by atoms with Crippen LogP contribution in [0, 0.1) is 11.6 Å². The van der Waals surface area contributed by atoms with E-state index < -0.39 is 0 Å². The molecule has 2 nitrogen and oxygen atoms in total. The van der Waals surface area contributed by atoms with E-state index in [2.05, 4.69) is 4.90 Å². The van der Waals surface area contributed by atoms with Crippen LogP contribution in [0.5, 0.6) is 0 Å². The van der Waals surface area contributed by atoms with Crippen LogP contribution in [-0.4, -0.2) is 23.5 Å². The summed E-state index contributed by atoms with van der Waals surface area (Å²) in [5, 5.41) is 0. The third-order valence-electron chi connectivity index (χ3n) is 4.42. The first-order valence-corrected chi connectivity index (χ1v) is 8.02. The van der Waals surface area contributed by atoms with Gasteiger partial charge < -0.3 is 5.73 Å². The van der Waals surface area contributed by atoms with Gasteiger partial charge in [0.25, 0.3) is 0 Å². The Morgan fingerprint density at radius 2 is 1.78 bits per heavy atom. The average Bonchev–Trinajstić information content (AvgIpc) is 2.50. The van der Waals surface area contributed by atoms with Crippen molar-refractivity contribution in [2.24, 2.45) is 5.73 Å². The average molecular weight is 316 g/mol. The molecule has 0 saturated carbocycles. The molecular formula is C19H22F2N2. The van der Waals surface area contributed by atoms with Gasteiger partial charge in [0, 0.05) is 25.2 Å². The number of halogens is 2. The minimum absolute atomic E-state index is 0.0766. The summed E-state index contributed by atoms with van der Waals surface area (Å²) in [6.45, 7) is 3.57. The summed E-state index contributed by atoms with van der Waals surface area (Å²) in [4.78, 5) is 2.36. The SMILES string of the molecule is C[C@@H](N)CN1Cc2ccc(F)cc2CC1Cc1ccc(F)cc1. The predicted octanol–water partition coefficient (Wildman–Crippen LogP) is 3.28. The van der Waals surface area contributed by atoms with Crippen LogP contribution in [0.3, 0.4) is 0 Å². The molecule has 0 amide bonds. The maximum Gasteiger partial charge on any atom is 0.123 e. The number of rotatable bonds is 4. The molecule has 0 aliphatic carbocycles. The minimum Gasteiger partial charge on any atom is -0.327 e. The predicted molar refractivity (Wildman–Crippen MR) is 88.1 cm³/mol. The third kappa shape index (κ3) is 3.95. The van der Waals surface area contributed by atoms with Crippen molar-refractivity contribution in [3.8, 4) is 0 Å². The molecule has 0 fully saturated rings. The first-order chi connectivity index (χ1) is 11.0. The molecule has 0 radical (unpaired) electrons. The Balaban J connectivity index is 1.83. The summed E-state index contributed by atoms with van der Waals surface area (Å²) in [5.74, 6) is -0.415. The summed E-state index contributed by atoms with van der Waals surface area (Å²) in [5.41, 5.74) is 9.32. The smallest absolute Gasteiger partial charge is 0.123 e. The normalized spacial score (nSPS) is 19.4. The van der Waals surface area contributed by atoms with Gasteiger partial charge in [-0.25, -0.2) is 8.78 Å². The quantitative estimate of drug-likeness (QED) is 0.938. The maximum absolute atomic E-state index is 13.5. The van der Waals surface area contributed by atoms with Crippen molar-refractivity contribution in [3.63, 3.8) is 0 Å². The highest BCUT2D eigenvalue weighted by Crippen LogP contribution is 2.26. The van der Waals surface area contributed by atoms with Crippen molar-refractivity contribution >= 4 is 0 Å². The van der Waals surface area contributed by atoms with Crippen molar-refractivity contribution < 1.29 is 8.78 Å². The van der Waals surface area contributed by atoms with Gasteiger partial charge >= 0.3 is 0 Å². The largest absolute Gasteiger partial charge is 0.327 e. The summed E-state index contributed by atoms with van der Waals surface area (Å²) >= 11 is 0. The van der Waals surface area contributed by atoms with Gasteiger partial charge in [0.2, 0.25) is 0 Å². The van der Waals surface area contributed by atoms with Crippen molar-refractivity contribution in [3.05, 3.63) is 70.8 Å². The maximum atomic E-state index is 13.5. The number of benzene rings is 2. The second kappa shape index (κ2) is 6.77. The molecule has 0 bridgehead atoms. The lowest BCUT2D eigenvalue weighted by molar-refractivity contribution is 0.162. The molecule has 122 valence electrons. The van der Waals surface area contributed by atoms with Crippen molar-refractivity contribution in [2.75, 3.05) is 6.54 Å². The van der Waals surface area contributed by atoms with Gasteiger partial charge in [-0.3, -0.25) is 4.90 Å². The fraction of sp³-hybridized carbons (Fsp3) is 0.368. The van der Waals surface area contributed by atoms with Gasteiger partial charge in [0.05, 0.1) is 0 Å². The summed E-state index contributed by atoms with van der Waals surface area (Å²) in [7, 11) is 0. The Labute approximate surface area is 135 Å². The van der Waals surface area contributed by atoms with Gasteiger partial charge in [-0.2, -0.15) is 0 Å². The molecule has 4 heteroatoms. The van der Waals surface area contributed by atoms with Crippen LogP contribution >= 0.6 is 0 Å². The van der Waals surface area contributed by atoms with Crippen molar-refractivity contribution in [1.29, 1.82) is 0 Å². The highest BCUT2D eigenvalue weighted by atomic mass is 19.1. The van der Waals surface area contributed by atoms with Crippen LogP contribution in [0.1, 0.15) is 23.6 Å². The Bertz CT molecular complexity index is 668. The van der Waals surface area contributed by atoms with Gasteiger partial charge in [0.15, 0.2) is 0 Å². The Kier molecular flexibility index (Phi) is 4.74. The van der Waals surface area contributed by atoms with E-state index in [-0.39, 0.29) is 23.7 Å². The lowest BCUT2D eigenvalue weighted by Crippen LogP contribution is -2.46. The number of nitrogens with two attached hydrogens (primary N) is 1. The summed E-state index contributed by atoms with van der Waals surface area (Å²) in [6, 6.07) is 12.0. The molecule has 1 unspecified atom stereocenters. The Morgan fingerprint density at radius 1 is 1.09 bits per heavy atom. The van der Waals surface area contributed by atoms with E-state index in [9.17, 15) is 8.78 Å². The lowest BCUT2D eigenvalue weighted by Gasteiger charge is -2.38. The second-order valence-electron chi connectivity index (χ2n) is 6.51. The molecule has 1 aliphatic rings. The van der Waals surface area contributed by atoms with E-state index in [0.29, 0.717) is 0 Å². The molecule has 0 aromatic heterocycles. The zero-order valence-corrected chi connectivity index (χ0v) is 13.3. The molecule has 1 aliphatic heterocycles. The fourth-order valence-corrected chi connectivity index (χ4v) is 3.35. The monoisotopic (exact) mass is 316 g/mol. The zero-order chi connectivity index (χ0) is 16.4. The summed E-state index contributed by atoms with van der Waals surface area (Å²) in [6.07, 6.45) is 1.60. The first kappa shape index (κ1) is 16.1. The summed E-state index contributed by atoms with van der Waals surface area (Å²) < 4.78 is 26.6. The molecule has 2 N–H and O–H groups in total. The van der Waals surface area contributed by atoms with Gasteiger partial charge in [-0.1, -0.05) is 18.2 Å². The van der Waals surface area contributed by atoms with Crippen LogP contribution in [0.4, 0.5) is 8.78 Å². The Hall–Kier alpha value is -1.78. The van der Waals surface area contributed by atoms with E-state index in [0.717, 1.165) is 37.1 Å². The van der Waals surface area contributed by atoms with E-state index >= 15 is 0 Å². The first-order valence-electron chi connectivity index (χ1n) is 8.02. The molecule has 1 heterocycles. The lowest BCUT2D eigenvalue weighted by atomic mass is 9.90. The molecule has 0 spiro atoms. The van der Waals surface area contributed by atoms with Crippen LogP contribution in [0.2, 0.25) is 0 Å². The van der Waals surface area contributed by atoms with Gasteiger partial charge in [0.1, 0.15) is 11.6 Å². The van der Waals surface area contributed by atoms with Gasteiger partial charge in [-0.15, -0.1) is 0 Å². The standard InChI is InChI=1S/C19H22F2N2/c1-13(22)11-23-12-15-4-7-18(21)9-16(15)10-19(23)8-14-2-5-17(20)6-3-14/h2-7,9,13,19H,8,10-12,22H2,1H3/t13-,19?/m1/s1. The number of hydrogen-bond acceptors (Lipinski definition) is 2. The van der Waals surface area contributed by atoms with E-state index in [4.69, 9.17) is 5.73 Å². The second-order valence-corrected chi connectivity index (χ2v) is 6.51. The molecular weight excluding hydrogens is 294 g/mol. The van der Waals surface area contributed by atoms with Crippen molar-refractivity contribution in [1.82, 2.24) is 4.90 Å². The van der Waals surface area contributed by atoms with Crippen LogP contribution in [0.25, 0.3) is 0 Å². The number of hydrogen-bond donors (Lipinski definition) is 1. The highest BCUT2D eigenvalue weighted by Gasteiger charge is 2.27. The Morgan fingerprint density at radius 3 is 2.48 bits per heavy atom. The van der Waals surface area contributed by atoms with E-state index in [1.54, 1.807) is 6.07 Å². The molecule has 2 atom stereocenters. The van der Waals surface area contributed by atoms with E-state index in [1.165, 1.54) is 23.8 Å². The molecule has 3 rings (SSSR count). The fourth-order valence-electron chi connectivity index (χ4n) is 3.35. The van der Waals surface area contributed by atoms with Gasteiger partial charge in [-0.05, 0) is 60.7 Å². The van der Waals surface area contributed by atoms with Crippen LogP contribution < -0.4 is 5.73 Å². The van der Waals surface area contributed by atoms with E-state index in [1.807, 2.05) is 25.1 Å². The molecule has 2 aromatic carbocycles. The number of fused-ring (bicyclic) bond motifs is 1. The van der Waals surface area contributed by atoms with Crippen molar-refractivity contribution in [2.45, 2.75) is 38.4 Å². The number of nitrogens with zero attached hydrogens (tertiary/aromatic N) is 1. The molecule has 0 saturated heterocycles. The minimum atomic E-state index is -0.225.